The minimum atomic E-state index is -1.43. The maximum absolute atomic E-state index is 10.2. The molecule has 2 atom stereocenters. The van der Waals surface area contributed by atoms with Crippen molar-refractivity contribution in [2.75, 3.05) is 0 Å². The van der Waals surface area contributed by atoms with E-state index < -0.39 is 24.1 Å². The summed E-state index contributed by atoms with van der Waals surface area (Å²) in [5.74, 6) is -2.42. The number of nitrogens with two attached hydrogens (primary N) is 1. The van der Waals surface area contributed by atoms with Crippen LogP contribution in [0.3, 0.4) is 0 Å². The van der Waals surface area contributed by atoms with Crippen LogP contribution in [0.2, 0.25) is 0 Å². The first-order valence-corrected chi connectivity index (χ1v) is 3.84. The zero-order valence-electron chi connectivity index (χ0n) is 7.01. The number of rotatable bonds is 6. The van der Waals surface area contributed by atoms with E-state index in [0.29, 0.717) is 0 Å². The van der Waals surface area contributed by atoms with Gasteiger partial charge in [0.05, 0.1) is 0 Å². The van der Waals surface area contributed by atoms with Crippen molar-refractivity contribution < 1.29 is 24.9 Å². The summed E-state index contributed by atoms with van der Waals surface area (Å²) in [5, 5.41) is 25.4. The Morgan fingerprint density at radius 3 is 2.08 bits per heavy atom. The van der Waals surface area contributed by atoms with Crippen LogP contribution in [-0.2, 0) is 9.59 Å². The number of hydrogen-bond acceptors (Lipinski definition) is 4. The molecule has 0 heterocycles. The van der Waals surface area contributed by atoms with Crippen LogP contribution >= 0.6 is 0 Å². The van der Waals surface area contributed by atoms with E-state index in [0.717, 1.165) is 0 Å². The molecule has 0 aromatic heterocycles. The quantitative estimate of drug-likeness (QED) is 0.428. The van der Waals surface area contributed by atoms with Gasteiger partial charge in [-0.05, 0) is 19.3 Å². The number of aliphatic carboxylic acids is 2. The molecule has 0 spiro atoms. The molecule has 0 aliphatic heterocycles. The Hall–Kier alpha value is -1.14. The van der Waals surface area contributed by atoms with Gasteiger partial charge in [0.2, 0.25) is 0 Å². The molecule has 6 nitrogen and oxygen atoms in total. The lowest BCUT2D eigenvalue weighted by Crippen LogP contribution is -2.30. The van der Waals surface area contributed by atoms with E-state index in [2.05, 4.69) is 0 Å². The van der Waals surface area contributed by atoms with Gasteiger partial charge in [0.1, 0.15) is 6.04 Å². The first-order valence-electron chi connectivity index (χ1n) is 3.84. The molecule has 0 aliphatic carbocycles. The van der Waals surface area contributed by atoms with E-state index in [1.807, 2.05) is 0 Å². The monoisotopic (exact) mass is 191 g/mol. The molecule has 0 rings (SSSR count). The third-order valence-electron chi connectivity index (χ3n) is 1.59. The number of aliphatic hydroxyl groups is 1. The lowest BCUT2D eigenvalue weighted by atomic mass is 10.1. The molecule has 0 saturated carbocycles. The van der Waals surface area contributed by atoms with Crippen LogP contribution in [-0.4, -0.2) is 39.4 Å². The van der Waals surface area contributed by atoms with Gasteiger partial charge in [-0.2, -0.15) is 0 Å². The SMILES string of the molecule is N[C@@H](CCCC(O)C(=O)O)C(=O)O. The fourth-order valence-corrected chi connectivity index (χ4v) is 0.778. The van der Waals surface area contributed by atoms with E-state index in [4.69, 9.17) is 21.1 Å². The Kier molecular flexibility index (Phi) is 5.01. The van der Waals surface area contributed by atoms with Crippen LogP contribution in [0.15, 0.2) is 0 Å². The lowest BCUT2D eigenvalue weighted by molar-refractivity contribution is -0.146. The van der Waals surface area contributed by atoms with Crippen LogP contribution < -0.4 is 5.73 Å². The first-order chi connectivity index (χ1) is 5.95. The zero-order chi connectivity index (χ0) is 10.4. The number of aliphatic hydroxyl groups excluding tert-OH is 1. The van der Waals surface area contributed by atoms with Crippen LogP contribution in [0.4, 0.5) is 0 Å². The Labute approximate surface area is 75.0 Å². The standard InChI is InChI=1S/C7H13NO5/c8-4(6(10)11)2-1-3-5(9)7(12)13/h4-5,9H,1-3,8H2,(H,10,11)(H,12,13)/t4-,5?/m0/s1. The van der Waals surface area contributed by atoms with Gasteiger partial charge in [-0.1, -0.05) is 0 Å². The largest absolute Gasteiger partial charge is 0.480 e. The highest BCUT2D eigenvalue weighted by Gasteiger charge is 2.15. The molecule has 0 aliphatic rings. The highest BCUT2D eigenvalue weighted by atomic mass is 16.4. The number of carboxylic acid groups (broad SMARTS) is 2. The van der Waals surface area contributed by atoms with Crippen molar-refractivity contribution in [3.8, 4) is 0 Å². The molecule has 13 heavy (non-hydrogen) atoms. The first kappa shape index (κ1) is 11.9. The van der Waals surface area contributed by atoms with Gasteiger partial charge in [0, 0.05) is 0 Å². The summed E-state index contributed by atoms with van der Waals surface area (Å²) >= 11 is 0. The second kappa shape index (κ2) is 5.50. The van der Waals surface area contributed by atoms with E-state index in [9.17, 15) is 9.59 Å². The number of hydrogen-bond donors (Lipinski definition) is 4. The molecular formula is C7H13NO5. The lowest BCUT2D eigenvalue weighted by Gasteiger charge is -2.07. The maximum Gasteiger partial charge on any atom is 0.332 e. The van der Waals surface area contributed by atoms with E-state index in [1.54, 1.807) is 0 Å². The summed E-state index contributed by atoms with van der Waals surface area (Å²) in [6.45, 7) is 0. The van der Waals surface area contributed by atoms with Crippen LogP contribution in [0.5, 0.6) is 0 Å². The average molecular weight is 191 g/mol. The molecule has 0 aromatic rings. The molecule has 1 unspecified atom stereocenters. The number of carboxylic acids is 2. The molecule has 5 N–H and O–H groups in total. The van der Waals surface area contributed by atoms with Crippen molar-refractivity contribution in [1.29, 1.82) is 0 Å². The molecule has 0 amide bonds. The van der Waals surface area contributed by atoms with Gasteiger partial charge >= 0.3 is 11.9 Å². The molecule has 6 heteroatoms. The van der Waals surface area contributed by atoms with Gasteiger partial charge in [-0.25, -0.2) is 4.79 Å². The van der Waals surface area contributed by atoms with Crippen molar-refractivity contribution >= 4 is 11.9 Å². The average Bonchev–Trinajstić information content (AvgIpc) is 2.03. The Morgan fingerprint density at radius 2 is 1.69 bits per heavy atom. The molecule has 0 aromatic carbocycles. The fraction of sp³-hybridized carbons (Fsp3) is 0.714. The van der Waals surface area contributed by atoms with Crippen LogP contribution in [0.1, 0.15) is 19.3 Å². The van der Waals surface area contributed by atoms with E-state index in [-0.39, 0.29) is 19.3 Å². The summed E-state index contributed by atoms with van der Waals surface area (Å²) < 4.78 is 0. The highest BCUT2D eigenvalue weighted by Crippen LogP contribution is 2.03. The Bertz CT molecular complexity index is 173. The maximum atomic E-state index is 10.2. The van der Waals surface area contributed by atoms with Crippen molar-refractivity contribution in [2.45, 2.75) is 31.4 Å². The Morgan fingerprint density at radius 1 is 1.15 bits per heavy atom. The zero-order valence-corrected chi connectivity index (χ0v) is 7.01. The van der Waals surface area contributed by atoms with Crippen LogP contribution in [0.25, 0.3) is 0 Å². The molecule has 0 radical (unpaired) electrons. The third kappa shape index (κ3) is 5.15. The Balaban J connectivity index is 3.56. The second-order valence-electron chi connectivity index (χ2n) is 2.73. The normalized spacial score (nSPS) is 14.9. The summed E-state index contributed by atoms with van der Waals surface area (Å²) in [4.78, 5) is 20.3. The van der Waals surface area contributed by atoms with Gasteiger partial charge in [0.15, 0.2) is 6.10 Å². The van der Waals surface area contributed by atoms with E-state index in [1.165, 1.54) is 0 Å². The highest BCUT2D eigenvalue weighted by molar-refractivity contribution is 5.73. The van der Waals surface area contributed by atoms with Crippen molar-refractivity contribution in [2.24, 2.45) is 5.73 Å². The molecule has 0 saturated heterocycles. The summed E-state index contributed by atoms with van der Waals surface area (Å²) in [6, 6.07) is -0.985. The predicted octanol–water partition coefficient (Wildman–Crippen LogP) is -0.986. The summed E-state index contributed by atoms with van der Waals surface area (Å²) in [6.07, 6.45) is -0.960. The smallest absolute Gasteiger partial charge is 0.332 e. The summed E-state index contributed by atoms with van der Waals surface area (Å²) in [5.41, 5.74) is 5.15. The molecule has 0 bridgehead atoms. The topological polar surface area (TPSA) is 121 Å². The van der Waals surface area contributed by atoms with Gasteiger partial charge < -0.3 is 21.1 Å². The third-order valence-corrected chi connectivity index (χ3v) is 1.59. The van der Waals surface area contributed by atoms with E-state index >= 15 is 0 Å². The molecular weight excluding hydrogens is 178 g/mol. The van der Waals surface area contributed by atoms with Gasteiger partial charge in [0.25, 0.3) is 0 Å². The van der Waals surface area contributed by atoms with Crippen molar-refractivity contribution in [3.63, 3.8) is 0 Å². The summed E-state index contributed by atoms with van der Waals surface area (Å²) in [7, 11) is 0. The molecule has 76 valence electrons. The number of carbonyl (C=O) groups is 2. The molecule has 0 fully saturated rings. The van der Waals surface area contributed by atoms with Crippen molar-refractivity contribution in [3.05, 3.63) is 0 Å². The minimum Gasteiger partial charge on any atom is -0.480 e. The van der Waals surface area contributed by atoms with Gasteiger partial charge in [-0.3, -0.25) is 4.79 Å². The van der Waals surface area contributed by atoms with Crippen molar-refractivity contribution in [1.82, 2.24) is 0 Å². The van der Waals surface area contributed by atoms with Gasteiger partial charge in [-0.15, -0.1) is 0 Å². The fourth-order valence-electron chi connectivity index (χ4n) is 0.778. The predicted molar refractivity (Wildman–Crippen MR) is 43.1 cm³/mol. The second-order valence-corrected chi connectivity index (χ2v) is 2.73. The minimum absolute atomic E-state index is 0.0241. The van der Waals surface area contributed by atoms with Crippen LogP contribution in [0, 0.1) is 0 Å².